The minimum Gasteiger partial charge on any atom is -0.499 e. The molecule has 0 saturated carbocycles. The topological polar surface area (TPSA) is 95.1 Å². The molecule has 0 aromatic heterocycles. The maximum Gasteiger partial charge on any atom is 0.407 e. The summed E-state index contributed by atoms with van der Waals surface area (Å²) in [6.45, 7) is 12.3. The van der Waals surface area contributed by atoms with E-state index in [2.05, 4.69) is 23.1 Å². The van der Waals surface area contributed by atoms with Crippen molar-refractivity contribution >= 4 is 12.0 Å². The molecule has 0 aromatic carbocycles. The first-order valence-corrected chi connectivity index (χ1v) is 9.77. The summed E-state index contributed by atoms with van der Waals surface area (Å²) < 4.78 is 21.4. The number of ether oxygens (including phenoxy) is 4. The molecule has 8 heteroatoms. The quantitative estimate of drug-likeness (QED) is 0.244. The van der Waals surface area contributed by atoms with Gasteiger partial charge in [-0.3, -0.25) is 4.79 Å². The molecule has 2 amide bonds. The van der Waals surface area contributed by atoms with Crippen LogP contribution in [0.5, 0.6) is 0 Å². The molecule has 0 fully saturated rings. The third-order valence-electron chi connectivity index (χ3n) is 3.53. The Kier molecular flexibility index (Phi) is 13.6. The predicted molar refractivity (Wildman–Crippen MR) is 111 cm³/mol. The van der Waals surface area contributed by atoms with Gasteiger partial charge in [0.05, 0.1) is 19.5 Å². The van der Waals surface area contributed by atoms with Crippen molar-refractivity contribution in [1.82, 2.24) is 10.6 Å². The Morgan fingerprint density at radius 2 is 1.83 bits per heavy atom. The molecule has 0 aromatic rings. The first-order valence-electron chi connectivity index (χ1n) is 9.77. The summed E-state index contributed by atoms with van der Waals surface area (Å²) in [5, 5.41) is 5.62. The van der Waals surface area contributed by atoms with Gasteiger partial charge in [-0.1, -0.05) is 12.5 Å². The van der Waals surface area contributed by atoms with Crippen molar-refractivity contribution in [3.05, 3.63) is 12.8 Å². The predicted octanol–water partition coefficient (Wildman–Crippen LogP) is 2.38. The molecule has 0 aliphatic heterocycles. The highest BCUT2D eigenvalue weighted by molar-refractivity contribution is 5.76. The highest BCUT2D eigenvalue weighted by Crippen LogP contribution is 2.11. The molecule has 0 heterocycles. The number of nitrogens with one attached hydrogen (secondary N) is 2. The Labute approximate surface area is 174 Å². The van der Waals surface area contributed by atoms with E-state index in [0.29, 0.717) is 26.0 Å². The van der Waals surface area contributed by atoms with Crippen LogP contribution in [0.15, 0.2) is 12.8 Å². The highest BCUT2D eigenvalue weighted by atomic mass is 16.6. The molecule has 29 heavy (non-hydrogen) atoms. The number of alkyl carbamates (subject to hydrolysis) is 1. The number of hydrogen-bond acceptors (Lipinski definition) is 6. The van der Waals surface area contributed by atoms with Gasteiger partial charge in [0.1, 0.15) is 24.4 Å². The van der Waals surface area contributed by atoms with Crippen molar-refractivity contribution in [3.63, 3.8) is 0 Å². The van der Waals surface area contributed by atoms with Gasteiger partial charge in [0.15, 0.2) is 0 Å². The van der Waals surface area contributed by atoms with E-state index < -0.39 is 17.2 Å². The van der Waals surface area contributed by atoms with Crippen molar-refractivity contribution in [2.75, 3.05) is 39.6 Å². The van der Waals surface area contributed by atoms with Gasteiger partial charge in [-0.05, 0) is 40.5 Å². The molecule has 1 atom stereocenters. The zero-order chi connectivity index (χ0) is 22.2. The van der Waals surface area contributed by atoms with Crippen molar-refractivity contribution < 1.29 is 28.5 Å². The normalized spacial score (nSPS) is 12.9. The smallest absolute Gasteiger partial charge is 0.407 e. The van der Waals surface area contributed by atoms with Crippen LogP contribution in [0.3, 0.4) is 0 Å². The lowest BCUT2D eigenvalue weighted by Gasteiger charge is -2.33. The van der Waals surface area contributed by atoms with E-state index in [1.54, 1.807) is 20.8 Å². The molecule has 2 N–H and O–H groups in total. The summed E-state index contributed by atoms with van der Waals surface area (Å²) in [5.74, 6) is 2.23. The first kappa shape index (κ1) is 26.8. The molecule has 0 spiro atoms. The molecule has 1 unspecified atom stereocenters. The second-order valence-corrected chi connectivity index (χ2v) is 7.53. The van der Waals surface area contributed by atoms with Gasteiger partial charge in [-0.2, -0.15) is 0 Å². The molecular weight excluding hydrogens is 376 g/mol. The molecule has 0 radical (unpaired) electrons. The van der Waals surface area contributed by atoms with Gasteiger partial charge in [0.2, 0.25) is 5.91 Å². The SMILES string of the molecule is C#CCOCC(COC=C)(COCC)NC(=O)CCCCNC(=O)OC(C)(C)C. The Morgan fingerprint density at radius 1 is 1.14 bits per heavy atom. The molecule has 0 bridgehead atoms. The Bertz CT molecular complexity index is 538. The van der Waals surface area contributed by atoms with Gasteiger partial charge in [0.25, 0.3) is 0 Å². The third kappa shape index (κ3) is 14.4. The summed E-state index contributed by atoms with van der Waals surface area (Å²) >= 11 is 0. The van der Waals surface area contributed by atoms with E-state index in [1.807, 2.05) is 6.92 Å². The van der Waals surface area contributed by atoms with E-state index in [1.165, 1.54) is 6.26 Å². The molecule has 0 rings (SSSR count). The lowest BCUT2D eigenvalue weighted by Crippen LogP contribution is -2.58. The lowest BCUT2D eigenvalue weighted by molar-refractivity contribution is -0.126. The van der Waals surface area contributed by atoms with Crippen molar-refractivity contribution in [3.8, 4) is 12.3 Å². The van der Waals surface area contributed by atoms with E-state index >= 15 is 0 Å². The average Bonchev–Trinajstić information content (AvgIpc) is 2.63. The average molecular weight is 413 g/mol. The van der Waals surface area contributed by atoms with Crippen molar-refractivity contribution in [2.24, 2.45) is 0 Å². The lowest BCUT2D eigenvalue weighted by atomic mass is 10.0. The number of carbonyl (C=O) groups excluding carboxylic acids is 2. The van der Waals surface area contributed by atoms with Crippen LogP contribution in [-0.4, -0.2) is 62.7 Å². The number of carbonyl (C=O) groups is 2. The van der Waals surface area contributed by atoms with Gasteiger partial charge in [0, 0.05) is 19.6 Å². The maximum atomic E-state index is 12.4. The minimum absolute atomic E-state index is 0.119. The van der Waals surface area contributed by atoms with Gasteiger partial charge in [-0.25, -0.2) is 4.79 Å². The minimum atomic E-state index is -0.868. The number of rotatable bonds is 15. The van der Waals surface area contributed by atoms with E-state index in [0.717, 1.165) is 0 Å². The molecule has 0 aliphatic rings. The fourth-order valence-electron chi connectivity index (χ4n) is 2.33. The van der Waals surface area contributed by atoms with Crippen LogP contribution in [0.25, 0.3) is 0 Å². The summed E-state index contributed by atoms with van der Waals surface area (Å²) in [4.78, 5) is 24.0. The second kappa shape index (κ2) is 14.7. The van der Waals surface area contributed by atoms with Crippen LogP contribution in [0, 0.1) is 12.3 Å². The Hall–Kier alpha value is -2.24. The van der Waals surface area contributed by atoms with Gasteiger partial charge in [-0.15, -0.1) is 6.42 Å². The number of hydrogen-bond donors (Lipinski definition) is 2. The number of unbranched alkanes of at least 4 members (excludes halogenated alkanes) is 1. The van der Waals surface area contributed by atoms with Gasteiger partial charge >= 0.3 is 6.09 Å². The Balaban J connectivity index is 4.53. The van der Waals surface area contributed by atoms with Crippen molar-refractivity contribution in [2.45, 2.75) is 58.1 Å². The molecule has 8 nitrogen and oxygen atoms in total. The molecule has 0 aliphatic carbocycles. The molecule has 166 valence electrons. The van der Waals surface area contributed by atoms with Crippen LogP contribution in [0.4, 0.5) is 4.79 Å². The summed E-state index contributed by atoms with van der Waals surface area (Å²) in [6, 6.07) is 0. The second-order valence-electron chi connectivity index (χ2n) is 7.53. The zero-order valence-corrected chi connectivity index (χ0v) is 18.2. The molecular formula is C21H36N2O6. The molecule has 0 saturated heterocycles. The number of amides is 2. The van der Waals surface area contributed by atoms with Crippen LogP contribution in [0.2, 0.25) is 0 Å². The standard InChI is InChI=1S/C21H36N2O6/c1-7-14-28-17-21(15-26-8-2,16-27-9-3)23-18(24)12-10-11-13-22-19(25)29-20(4,5)6/h1,8H,2,9-17H2,3-6H3,(H,22,25)(H,23,24). The van der Waals surface area contributed by atoms with Crippen LogP contribution in [0.1, 0.15) is 47.0 Å². The summed E-state index contributed by atoms with van der Waals surface area (Å²) in [7, 11) is 0. The summed E-state index contributed by atoms with van der Waals surface area (Å²) in [6.07, 6.45) is 7.59. The summed E-state index contributed by atoms with van der Waals surface area (Å²) in [5.41, 5.74) is -1.41. The van der Waals surface area contributed by atoms with Crippen LogP contribution < -0.4 is 10.6 Å². The van der Waals surface area contributed by atoms with E-state index in [-0.39, 0.29) is 38.8 Å². The largest absolute Gasteiger partial charge is 0.499 e. The first-order chi connectivity index (χ1) is 13.7. The van der Waals surface area contributed by atoms with Crippen molar-refractivity contribution in [1.29, 1.82) is 0 Å². The number of terminal acetylenes is 1. The zero-order valence-electron chi connectivity index (χ0n) is 18.2. The monoisotopic (exact) mass is 412 g/mol. The Morgan fingerprint density at radius 3 is 2.41 bits per heavy atom. The van der Waals surface area contributed by atoms with Crippen LogP contribution in [-0.2, 0) is 23.7 Å². The van der Waals surface area contributed by atoms with E-state index in [9.17, 15) is 9.59 Å². The fraction of sp³-hybridized carbons (Fsp3) is 0.714. The maximum absolute atomic E-state index is 12.4. The van der Waals surface area contributed by atoms with Crippen LogP contribution >= 0.6 is 0 Å². The van der Waals surface area contributed by atoms with Gasteiger partial charge < -0.3 is 29.6 Å². The third-order valence-corrected chi connectivity index (χ3v) is 3.53. The van der Waals surface area contributed by atoms with E-state index in [4.69, 9.17) is 25.4 Å². The highest BCUT2D eigenvalue weighted by Gasteiger charge is 2.33. The fourth-order valence-corrected chi connectivity index (χ4v) is 2.33.